The Morgan fingerprint density at radius 3 is 2.73 bits per heavy atom. The molecular weight excluding hydrogens is 132 g/mol. The molecule has 2 atom stereocenters. The summed E-state index contributed by atoms with van der Waals surface area (Å²) in [6.45, 7) is 10.7. The smallest absolute Gasteiger partial charge is 0.0145 e. The lowest BCUT2D eigenvalue weighted by Crippen LogP contribution is -2.15. The van der Waals surface area contributed by atoms with Gasteiger partial charge in [0.1, 0.15) is 0 Å². The standard InChI is InChI=1S/C11H18/c1-8(2)11-6-5-9(3)7-10(11)4/h7,10-11H,1,5-6H2,2-4H3/t10-,11?/m0/s1. The third kappa shape index (κ3) is 1.95. The molecule has 1 rings (SSSR count). The fraction of sp³-hybridized carbons (Fsp3) is 0.636. The van der Waals surface area contributed by atoms with E-state index in [-0.39, 0.29) is 0 Å². The van der Waals surface area contributed by atoms with E-state index >= 15 is 0 Å². The van der Waals surface area contributed by atoms with Crippen LogP contribution in [0.2, 0.25) is 0 Å². The summed E-state index contributed by atoms with van der Waals surface area (Å²) in [5.41, 5.74) is 2.90. The van der Waals surface area contributed by atoms with Crippen molar-refractivity contribution < 1.29 is 0 Å². The van der Waals surface area contributed by atoms with E-state index in [0.29, 0.717) is 5.92 Å². The second kappa shape index (κ2) is 3.25. The van der Waals surface area contributed by atoms with Gasteiger partial charge in [0, 0.05) is 0 Å². The second-order valence-electron chi connectivity index (χ2n) is 3.86. The Morgan fingerprint density at radius 1 is 1.64 bits per heavy atom. The highest BCUT2D eigenvalue weighted by Crippen LogP contribution is 2.32. The van der Waals surface area contributed by atoms with Crippen molar-refractivity contribution in [1.82, 2.24) is 0 Å². The van der Waals surface area contributed by atoms with Gasteiger partial charge in [-0.2, -0.15) is 0 Å². The zero-order valence-electron chi connectivity index (χ0n) is 7.85. The van der Waals surface area contributed by atoms with Gasteiger partial charge in [-0.3, -0.25) is 0 Å². The molecule has 0 N–H and O–H groups in total. The summed E-state index contributed by atoms with van der Waals surface area (Å²) in [6.07, 6.45) is 4.96. The SMILES string of the molecule is C=C(C)C1CCC(C)=C[C@@H]1C. The first-order chi connectivity index (χ1) is 5.11. The molecule has 11 heavy (non-hydrogen) atoms. The lowest BCUT2D eigenvalue weighted by atomic mass is 9.79. The van der Waals surface area contributed by atoms with Gasteiger partial charge < -0.3 is 0 Å². The molecule has 0 spiro atoms. The summed E-state index contributed by atoms with van der Waals surface area (Å²) in [5.74, 6) is 1.44. The van der Waals surface area contributed by atoms with E-state index in [0.717, 1.165) is 5.92 Å². The zero-order chi connectivity index (χ0) is 8.43. The molecule has 0 saturated carbocycles. The van der Waals surface area contributed by atoms with Gasteiger partial charge in [0.2, 0.25) is 0 Å². The number of hydrogen-bond donors (Lipinski definition) is 0. The second-order valence-corrected chi connectivity index (χ2v) is 3.86. The molecule has 0 nitrogen and oxygen atoms in total. The van der Waals surface area contributed by atoms with Gasteiger partial charge in [-0.25, -0.2) is 0 Å². The molecular formula is C11H18. The maximum atomic E-state index is 4.02. The fourth-order valence-corrected chi connectivity index (χ4v) is 1.99. The highest BCUT2D eigenvalue weighted by atomic mass is 14.2. The molecule has 1 unspecified atom stereocenters. The summed E-state index contributed by atoms with van der Waals surface area (Å²) in [7, 11) is 0. The van der Waals surface area contributed by atoms with Crippen LogP contribution in [-0.4, -0.2) is 0 Å². The van der Waals surface area contributed by atoms with Crippen molar-refractivity contribution >= 4 is 0 Å². The van der Waals surface area contributed by atoms with Crippen LogP contribution in [0.4, 0.5) is 0 Å². The Labute approximate surface area is 70.0 Å². The number of rotatable bonds is 1. The molecule has 0 aromatic heterocycles. The predicted molar refractivity (Wildman–Crippen MR) is 50.5 cm³/mol. The molecule has 0 aromatic carbocycles. The minimum absolute atomic E-state index is 0.709. The van der Waals surface area contributed by atoms with Crippen molar-refractivity contribution in [2.75, 3.05) is 0 Å². The van der Waals surface area contributed by atoms with E-state index in [4.69, 9.17) is 0 Å². The Kier molecular flexibility index (Phi) is 2.53. The monoisotopic (exact) mass is 150 g/mol. The van der Waals surface area contributed by atoms with Crippen LogP contribution < -0.4 is 0 Å². The summed E-state index contributed by atoms with van der Waals surface area (Å²) in [5, 5.41) is 0. The van der Waals surface area contributed by atoms with E-state index in [2.05, 4.69) is 33.4 Å². The van der Waals surface area contributed by atoms with E-state index in [1.807, 2.05) is 0 Å². The summed E-state index contributed by atoms with van der Waals surface area (Å²) < 4.78 is 0. The lowest BCUT2D eigenvalue weighted by molar-refractivity contribution is 0.428. The quantitative estimate of drug-likeness (QED) is 0.501. The highest BCUT2D eigenvalue weighted by molar-refractivity contribution is 5.12. The first-order valence-corrected chi connectivity index (χ1v) is 4.44. The molecule has 0 radical (unpaired) electrons. The minimum atomic E-state index is 0.709. The number of hydrogen-bond acceptors (Lipinski definition) is 0. The predicted octanol–water partition coefficient (Wildman–Crippen LogP) is 3.55. The lowest BCUT2D eigenvalue weighted by Gasteiger charge is -2.27. The third-order valence-electron chi connectivity index (χ3n) is 2.66. The van der Waals surface area contributed by atoms with E-state index in [9.17, 15) is 0 Å². The molecule has 62 valence electrons. The average Bonchev–Trinajstić information content (AvgIpc) is 1.85. The van der Waals surface area contributed by atoms with Crippen LogP contribution in [0.25, 0.3) is 0 Å². The van der Waals surface area contributed by atoms with Gasteiger partial charge in [-0.05, 0) is 38.5 Å². The topological polar surface area (TPSA) is 0 Å². The van der Waals surface area contributed by atoms with Crippen LogP contribution in [0.3, 0.4) is 0 Å². The van der Waals surface area contributed by atoms with Crippen LogP contribution in [0.1, 0.15) is 33.6 Å². The maximum absolute atomic E-state index is 4.02. The first kappa shape index (κ1) is 8.58. The van der Waals surface area contributed by atoms with Gasteiger partial charge >= 0.3 is 0 Å². The van der Waals surface area contributed by atoms with Crippen molar-refractivity contribution in [3.05, 3.63) is 23.8 Å². The van der Waals surface area contributed by atoms with Crippen molar-refractivity contribution in [3.63, 3.8) is 0 Å². The maximum Gasteiger partial charge on any atom is -0.0145 e. The molecule has 0 heteroatoms. The molecule has 0 bridgehead atoms. The van der Waals surface area contributed by atoms with Crippen molar-refractivity contribution in [3.8, 4) is 0 Å². The Balaban J connectivity index is 2.68. The van der Waals surface area contributed by atoms with Crippen LogP contribution in [0.5, 0.6) is 0 Å². The molecule has 0 amide bonds. The van der Waals surface area contributed by atoms with Crippen molar-refractivity contribution in [2.24, 2.45) is 11.8 Å². The summed E-state index contributed by atoms with van der Waals surface area (Å²) in [4.78, 5) is 0. The molecule has 1 aliphatic carbocycles. The number of allylic oxidation sites excluding steroid dienone is 3. The van der Waals surface area contributed by atoms with Crippen molar-refractivity contribution in [1.29, 1.82) is 0 Å². The highest BCUT2D eigenvalue weighted by Gasteiger charge is 2.19. The molecule has 0 aromatic rings. The van der Waals surface area contributed by atoms with E-state index < -0.39 is 0 Å². The zero-order valence-corrected chi connectivity index (χ0v) is 7.85. The van der Waals surface area contributed by atoms with Gasteiger partial charge in [0.05, 0.1) is 0 Å². The van der Waals surface area contributed by atoms with Crippen LogP contribution in [0, 0.1) is 11.8 Å². The fourth-order valence-electron chi connectivity index (χ4n) is 1.99. The van der Waals surface area contributed by atoms with Crippen molar-refractivity contribution in [2.45, 2.75) is 33.6 Å². The molecule has 1 aliphatic rings. The Morgan fingerprint density at radius 2 is 2.27 bits per heavy atom. The Bertz CT molecular complexity index is 186. The largest absolute Gasteiger partial charge is 0.0998 e. The van der Waals surface area contributed by atoms with Gasteiger partial charge in [0.15, 0.2) is 0 Å². The van der Waals surface area contributed by atoms with E-state index in [1.54, 1.807) is 5.57 Å². The summed E-state index contributed by atoms with van der Waals surface area (Å²) in [6, 6.07) is 0. The third-order valence-corrected chi connectivity index (χ3v) is 2.66. The van der Waals surface area contributed by atoms with Gasteiger partial charge in [-0.15, -0.1) is 0 Å². The van der Waals surface area contributed by atoms with Gasteiger partial charge in [-0.1, -0.05) is 30.7 Å². The summed E-state index contributed by atoms with van der Waals surface area (Å²) >= 11 is 0. The molecule has 0 aliphatic heterocycles. The Hall–Kier alpha value is -0.520. The van der Waals surface area contributed by atoms with Crippen LogP contribution in [-0.2, 0) is 0 Å². The van der Waals surface area contributed by atoms with Crippen LogP contribution in [0.15, 0.2) is 23.8 Å². The molecule has 0 heterocycles. The molecule has 0 saturated heterocycles. The van der Waals surface area contributed by atoms with Gasteiger partial charge in [0.25, 0.3) is 0 Å². The normalized spacial score (nSPS) is 31.4. The minimum Gasteiger partial charge on any atom is -0.0998 e. The average molecular weight is 150 g/mol. The van der Waals surface area contributed by atoms with E-state index in [1.165, 1.54) is 18.4 Å². The van der Waals surface area contributed by atoms with Crippen LogP contribution >= 0.6 is 0 Å². The first-order valence-electron chi connectivity index (χ1n) is 4.44. The molecule has 0 fully saturated rings.